The van der Waals surface area contributed by atoms with Crippen molar-refractivity contribution in [2.45, 2.75) is 5.37 Å². The molecule has 1 fully saturated rings. The minimum atomic E-state index is -0.176. The van der Waals surface area contributed by atoms with E-state index in [1.165, 1.54) is 11.8 Å². The van der Waals surface area contributed by atoms with Crippen LogP contribution in [0.5, 0.6) is 17.2 Å². The zero-order chi connectivity index (χ0) is 17.5. The average molecular weight is 357 g/mol. The van der Waals surface area contributed by atoms with Gasteiger partial charge in [-0.2, -0.15) is 0 Å². The number of nitrogens with zero attached hydrogens (tertiary/aromatic N) is 1. The number of aliphatic hydroxyl groups excluding tert-OH is 1. The van der Waals surface area contributed by atoms with Crippen LogP contribution in [0.3, 0.4) is 0 Å². The van der Waals surface area contributed by atoms with Gasteiger partial charge in [-0.3, -0.25) is 4.79 Å². The van der Waals surface area contributed by atoms with E-state index in [1.807, 2.05) is 6.07 Å². The van der Waals surface area contributed by atoms with E-state index < -0.39 is 0 Å². The molecule has 1 aliphatic heterocycles. The Morgan fingerprint density at radius 3 is 2.42 bits per heavy atom. The molecule has 1 saturated heterocycles. The summed E-state index contributed by atoms with van der Waals surface area (Å²) in [5.41, 5.74) is 0.855. The van der Waals surface area contributed by atoms with E-state index in [1.54, 1.807) is 32.3 Å². The largest absolute Gasteiger partial charge is 0.496 e. The molecule has 0 aliphatic carbocycles. The topological polar surface area (TPSA) is 77.5 Å². The van der Waals surface area contributed by atoms with E-state index in [9.17, 15) is 4.79 Å². The Morgan fingerprint density at radius 2 is 1.79 bits per heavy atom. The lowest BCUT2D eigenvalue weighted by Crippen LogP contribution is -2.32. The summed E-state index contributed by atoms with van der Waals surface area (Å²) < 4.78 is 21.4. The summed E-state index contributed by atoms with van der Waals surface area (Å²) in [6, 6.07) is 3.60. The fourth-order valence-electron chi connectivity index (χ4n) is 2.53. The molecule has 1 unspecified atom stereocenters. The number of benzene rings is 1. The van der Waals surface area contributed by atoms with Gasteiger partial charge in [0.1, 0.15) is 11.1 Å². The summed E-state index contributed by atoms with van der Waals surface area (Å²) in [5.74, 6) is 2.26. The van der Waals surface area contributed by atoms with Gasteiger partial charge in [-0.25, -0.2) is 0 Å². The van der Waals surface area contributed by atoms with Crippen molar-refractivity contribution in [3.63, 3.8) is 0 Å². The average Bonchev–Trinajstić information content (AvgIpc) is 2.98. The Balaban J connectivity index is 2.25. The minimum Gasteiger partial charge on any atom is -0.496 e. The second-order valence-electron chi connectivity index (χ2n) is 5.04. The predicted octanol–water partition coefficient (Wildman–Crippen LogP) is 1.30. The molecule has 0 spiro atoms. The first-order valence-corrected chi connectivity index (χ1v) is 8.60. The van der Waals surface area contributed by atoms with Gasteiger partial charge in [0.15, 0.2) is 11.5 Å². The van der Waals surface area contributed by atoms with Crippen molar-refractivity contribution in [3.8, 4) is 17.2 Å². The lowest BCUT2D eigenvalue weighted by Gasteiger charge is -2.26. The van der Waals surface area contributed by atoms with Crippen LogP contribution in [0.25, 0.3) is 0 Å². The van der Waals surface area contributed by atoms with Gasteiger partial charge in [-0.15, -0.1) is 11.8 Å². The first-order valence-electron chi connectivity index (χ1n) is 7.55. The lowest BCUT2D eigenvalue weighted by atomic mass is 10.1. The van der Waals surface area contributed by atoms with Crippen LogP contribution in [-0.4, -0.2) is 69.4 Å². The number of hydrogen-bond acceptors (Lipinski definition) is 7. The van der Waals surface area contributed by atoms with Crippen LogP contribution in [0.4, 0.5) is 0 Å². The highest BCUT2D eigenvalue weighted by Crippen LogP contribution is 2.46. The fourth-order valence-corrected chi connectivity index (χ4v) is 3.76. The molecule has 134 valence electrons. The summed E-state index contributed by atoms with van der Waals surface area (Å²) in [7, 11) is 4.72. The van der Waals surface area contributed by atoms with Crippen LogP contribution in [0.2, 0.25) is 0 Å². The third-order valence-electron chi connectivity index (χ3n) is 3.68. The second kappa shape index (κ2) is 9.00. The molecular weight excluding hydrogens is 334 g/mol. The molecule has 0 aromatic heterocycles. The minimum absolute atomic E-state index is 0.0321. The zero-order valence-electron chi connectivity index (χ0n) is 14.1. The van der Waals surface area contributed by atoms with E-state index in [4.69, 9.17) is 24.1 Å². The van der Waals surface area contributed by atoms with Crippen LogP contribution in [0.1, 0.15) is 10.9 Å². The molecule has 1 amide bonds. The first-order chi connectivity index (χ1) is 11.7. The van der Waals surface area contributed by atoms with E-state index in [0.717, 1.165) is 5.56 Å². The Kier molecular flexibility index (Phi) is 7.01. The molecule has 24 heavy (non-hydrogen) atoms. The Hall–Kier alpha value is -1.64. The zero-order valence-corrected chi connectivity index (χ0v) is 14.9. The molecular formula is C16H23NO6S. The SMILES string of the molecule is COc1cc(OC)c(C2SCC(=O)N2CCOCCO)cc1OC. The summed E-state index contributed by atoms with van der Waals surface area (Å²) in [6.07, 6.45) is 0. The molecule has 0 bridgehead atoms. The maximum Gasteiger partial charge on any atom is 0.233 e. The van der Waals surface area contributed by atoms with Crippen molar-refractivity contribution >= 4 is 17.7 Å². The van der Waals surface area contributed by atoms with E-state index >= 15 is 0 Å². The maximum absolute atomic E-state index is 12.2. The first kappa shape index (κ1) is 18.7. The molecule has 1 aromatic rings. The number of methoxy groups -OCH3 is 3. The maximum atomic E-state index is 12.2. The molecule has 1 aliphatic rings. The molecule has 0 radical (unpaired) electrons. The number of ether oxygens (including phenoxy) is 4. The molecule has 1 aromatic carbocycles. The van der Waals surface area contributed by atoms with E-state index in [0.29, 0.717) is 36.2 Å². The molecule has 8 heteroatoms. The number of carbonyl (C=O) groups excluding carboxylic acids is 1. The molecule has 1 heterocycles. The fraction of sp³-hybridized carbons (Fsp3) is 0.562. The van der Waals surface area contributed by atoms with Gasteiger partial charge >= 0.3 is 0 Å². The number of amides is 1. The number of aliphatic hydroxyl groups is 1. The number of carbonyl (C=O) groups is 1. The van der Waals surface area contributed by atoms with Crippen LogP contribution in [-0.2, 0) is 9.53 Å². The summed E-state index contributed by atoms with van der Waals surface area (Å²) >= 11 is 1.53. The van der Waals surface area contributed by atoms with Gasteiger partial charge in [0, 0.05) is 18.2 Å². The van der Waals surface area contributed by atoms with Gasteiger partial charge < -0.3 is 29.0 Å². The summed E-state index contributed by atoms with van der Waals surface area (Å²) in [4.78, 5) is 14.0. The van der Waals surface area contributed by atoms with Crippen molar-refractivity contribution in [3.05, 3.63) is 17.7 Å². The van der Waals surface area contributed by atoms with E-state index in [2.05, 4.69) is 0 Å². The number of rotatable bonds is 9. The standard InChI is InChI=1S/C16H23NO6S/c1-20-12-9-14(22-3)13(21-2)8-11(12)16-17(15(19)10-24-16)4-6-23-7-5-18/h8-9,16,18H,4-7,10H2,1-3H3. The van der Waals surface area contributed by atoms with Gasteiger partial charge in [0.05, 0.1) is 46.9 Å². The van der Waals surface area contributed by atoms with Crippen molar-refractivity contribution in [1.82, 2.24) is 4.90 Å². The Bertz CT molecular complexity index is 568. The monoisotopic (exact) mass is 357 g/mol. The van der Waals surface area contributed by atoms with Crippen molar-refractivity contribution in [2.75, 3.05) is 53.4 Å². The highest BCUT2D eigenvalue weighted by Gasteiger charge is 2.35. The number of thioether (sulfide) groups is 1. The van der Waals surface area contributed by atoms with Crippen molar-refractivity contribution in [2.24, 2.45) is 0 Å². The van der Waals surface area contributed by atoms with Gasteiger partial charge in [-0.05, 0) is 6.07 Å². The normalized spacial score (nSPS) is 17.2. The summed E-state index contributed by atoms with van der Waals surface area (Å²) in [5, 5.41) is 8.59. The van der Waals surface area contributed by atoms with Crippen LogP contribution in [0.15, 0.2) is 12.1 Å². The van der Waals surface area contributed by atoms with Gasteiger partial charge in [-0.1, -0.05) is 0 Å². The molecule has 0 saturated carbocycles. The summed E-state index contributed by atoms with van der Waals surface area (Å²) in [6.45, 7) is 1.06. The molecule has 1 N–H and O–H groups in total. The molecule has 7 nitrogen and oxygen atoms in total. The Labute approximate surface area is 145 Å². The van der Waals surface area contributed by atoms with Crippen LogP contribution >= 0.6 is 11.8 Å². The van der Waals surface area contributed by atoms with E-state index in [-0.39, 0.29) is 24.5 Å². The van der Waals surface area contributed by atoms with Crippen LogP contribution in [0, 0.1) is 0 Å². The smallest absolute Gasteiger partial charge is 0.233 e. The molecule has 2 rings (SSSR count). The molecule has 1 atom stereocenters. The highest BCUT2D eigenvalue weighted by molar-refractivity contribution is 8.00. The van der Waals surface area contributed by atoms with Gasteiger partial charge in [0.25, 0.3) is 0 Å². The Morgan fingerprint density at radius 1 is 1.12 bits per heavy atom. The highest BCUT2D eigenvalue weighted by atomic mass is 32.2. The van der Waals surface area contributed by atoms with Crippen molar-refractivity contribution < 1.29 is 28.8 Å². The second-order valence-corrected chi connectivity index (χ2v) is 6.10. The quantitative estimate of drug-likeness (QED) is 0.667. The number of hydrogen-bond donors (Lipinski definition) is 1. The van der Waals surface area contributed by atoms with Crippen molar-refractivity contribution in [1.29, 1.82) is 0 Å². The third kappa shape index (κ3) is 4.06. The third-order valence-corrected chi connectivity index (χ3v) is 4.92. The van der Waals surface area contributed by atoms with Gasteiger partial charge in [0.2, 0.25) is 5.91 Å². The lowest BCUT2D eigenvalue weighted by molar-refractivity contribution is -0.128. The van der Waals surface area contributed by atoms with Crippen LogP contribution < -0.4 is 14.2 Å². The predicted molar refractivity (Wildman–Crippen MR) is 90.9 cm³/mol.